The number of thioether (sulfide) groups is 1. The number of hydrogen-bond acceptors (Lipinski definition) is 4. The molecule has 0 aromatic heterocycles. The maximum absolute atomic E-state index is 10.9. The Bertz CT molecular complexity index is 163. The maximum Gasteiger partial charge on any atom is 0.319 e. The van der Waals surface area contributed by atoms with Crippen LogP contribution in [0.15, 0.2) is 0 Å². The molecule has 0 N–H and O–H groups in total. The number of methoxy groups -OCH3 is 1. The van der Waals surface area contributed by atoms with Crippen LogP contribution in [0.3, 0.4) is 0 Å². The minimum Gasteiger partial charge on any atom is -0.468 e. The topological polar surface area (TPSA) is 29.5 Å². The van der Waals surface area contributed by atoms with E-state index in [0.717, 1.165) is 18.8 Å². The first kappa shape index (κ1) is 9.86. The van der Waals surface area contributed by atoms with E-state index in [2.05, 4.69) is 16.6 Å². The summed E-state index contributed by atoms with van der Waals surface area (Å²) in [5.74, 6) is 0.993. The molecule has 0 aliphatic carbocycles. The molecule has 4 heteroatoms. The zero-order valence-corrected chi connectivity index (χ0v) is 8.39. The first-order valence-electron chi connectivity index (χ1n) is 4.13. The van der Waals surface area contributed by atoms with Crippen molar-refractivity contribution in [2.24, 2.45) is 0 Å². The molecule has 0 bridgehead atoms. The Morgan fingerprint density at radius 2 is 2.50 bits per heavy atom. The lowest BCUT2D eigenvalue weighted by Gasteiger charge is -2.29. The first-order chi connectivity index (χ1) is 5.72. The summed E-state index contributed by atoms with van der Waals surface area (Å²) < 4.78 is 4.60. The van der Waals surface area contributed by atoms with Gasteiger partial charge in [-0.1, -0.05) is 6.92 Å². The Balaban J connectivity index is 2.27. The van der Waals surface area contributed by atoms with Gasteiger partial charge >= 0.3 is 5.97 Å². The summed E-state index contributed by atoms with van der Waals surface area (Å²) in [6, 6.07) is 0. The normalized spacial score (nSPS) is 25.3. The van der Waals surface area contributed by atoms with Crippen LogP contribution in [-0.2, 0) is 9.53 Å². The number of hydrogen-bond donors (Lipinski definition) is 0. The van der Waals surface area contributed by atoms with E-state index in [1.165, 1.54) is 7.11 Å². The summed E-state index contributed by atoms with van der Waals surface area (Å²) in [5, 5.41) is 0.642. The van der Waals surface area contributed by atoms with Crippen molar-refractivity contribution in [3.63, 3.8) is 0 Å². The Hall–Kier alpha value is -0.220. The number of rotatable bonds is 2. The molecular formula is C8H15NO2S. The van der Waals surface area contributed by atoms with E-state index in [-0.39, 0.29) is 5.97 Å². The predicted octanol–water partition coefficient (Wildman–Crippen LogP) is 0.597. The van der Waals surface area contributed by atoms with Gasteiger partial charge < -0.3 is 4.74 Å². The molecule has 1 aliphatic rings. The van der Waals surface area contributed by atoms with E-state index in [0.29, 0.717) is 11.8 Å². The molecule has 3 nitrogen and oxygen atoms in total. The highest BCUT2D eigenvalue weighted by Crippen LogP contribution is 2.17. The van der Waals surface area contributed by atoms with Gasteiger partial charge in [-0.3, -0.25) is 9.69 Å². The van der Waals surface area contributed by atoms with Crippen molar-refractivity contribution in [3.05, 3.63) is 0 Å². The van der Waals surface area contributed by atoms with Crippen LogP contribution in [-0.4, -0.2) is 48.6 Å². The number of ether oxygens (including phenoxy) is 1. The third-order valence-electron chi connectivity index (χ3n) is 1.91. The summed E-state index contributed by atoms with van der Waals surface area (Å²) in [6.07, 6.45) is 0. The first-order valence-corrected chi connectivity index (χ1v) is 5.18. The van der Waals surface area contributed by atoms with Crippen LogP contribution in [0.25, 0.3) is 0 Å². The molecule has 1 unspecified atom stereocenters. The lowest BCUT2D eigenvalue weighted by molar-refractivity contribution is -0.141. The van der Waals surface area contributed by atoms with E-state index < -0.39 is 0 Å². The smallest absolute Gasteiger partial charge is 0.319 e. The summed E-state index contributed by atoms with van der Waals surface area (Å²) in [5.41, 5.74) is 0. The van der Waals surface area contributed by atoms with Crippen LogP contribution >= 0.6 is 11.8 Å². The van der Waals surface area contributed by atoms with Crippen LogP contribution in [0.2, 0.25) is 0 Å². The van der Waals surface area contributed by atoms with Crippen molar-refractivity contribution in [1.82, 2.24) is 4.90 Å². The van der Waals surface area contributed by atoms with Crippen LogP contribution in [0.4, 0.5) is 0 Å². The number of esters is 1. The van der Waals surface area contributed by atoms with Crippen molar-refractivity contribution < 1.29 is 9.53 Å². The van der Waals surface area contributed by atoms with E-state index in [4.69, 9.17) is 0 Å². The predicted molar refractivity (Wildman–Crippen MR) is 50.4 cm³/mol. The molecule has 1 saturated heterocycles. The fourth-order valence-electron chi connectivity index (χ4n) is 1.28. The van der Waals surface area contributed by atoms with Gasteiger partial charge in [0.2, 0.25) is 0 Å². The van der Waals surface area contributed by atoms with E-state index >= 15 is 0 Å². The third-order valence-corrected chi connectivity index (χ3v) is 3.04. The van der Waals surface area contributed by atoms with E-state index in [1.54, 1.807) is 0 Å². The molecule has 0 amide bonds. The molecule has 1 atom stereocenters. The van der Waals surface area contributed by atoms with Crippen molar-refractivity contribution in [2.45, 2.75) is 12.2 Å². The molecule has 0 spiro atoms. The van der Waals surface area contributed by atoms with E-state index in [1.807, 2.05) is 11.8 Å². The van der Waals surface area contributed by atoms with Gasteiger partial charge in [-0.2, -0.15) is 11.8 Å². The second-order valence-electron chi connectivity index (χ2n) is 2.99. The van der Waals surface area contributed by atoms with Gasteiger partial charge in [-0.15, -0.1) is 0 Å². The van der Waals surface area contributed by atoms with Gasteiger partial charge in [0.05, 0.1) is 13.7 Å². The molecule has 0 aromatic rings. The Labute approximate surface area is 77.4 Å². The monoisotopic (exact) mass is 189 g/mol. The quantitative estimate of drug-likeness (QED) is 0.595. The highest BCUT2D eigenvalue weighted by atomic mass is 32.2. The Morgan fingerprint density at radius 3 is 3.08 bits per heavy atom. The van der Waals surface area contributed by atoms with Crippen molar-refractivity contribution in [1.29, 1.82) is 0 Å². The van der Waals surface area contributed by atoms with Crippen LogP contribution in [0.1, 0.15) is 6.92 Å². The number of nitrogens with zero attached hydrogens (tertiary/aromatic N) is 1. The van der Waals surface area contributed by atoms with Crippen LogP contribution in [0.5, 0.6) is 0 Å². The van der Waals surface area contributed by atoms with Crippen LogP contribution in [0, 0.1) is 0 Å². The zero-order valence-electron chi connectivity index (χ0n) is 7.58. The molecule has 1 rings (SSSR count). The molecule has 1 fully saturated rings. The number of carbonyl (C=O) groups is 1. The SMILES string of the molecule is COC(=O)CN1CCSC(C)C1. The van der Waals surface area contributed by atoms with Crippen LogP contribution < -0.4 is 0 Å². The Kier molecular flexibility index (Phi) is 3.88. The second-order valence-corrected chi connectivity index (χ2v) is 4.54. The lowest BCUT2D eigenvalue weighted by atomic mass is 10.4. The van der Waals surface area contributed by atoms with Gasteiger partial charge in [0.1, 0.15) is 0 Å². The molecule has 1 heterocycles. The molecule has 0 radical (unpaired) electrons. The zero-order chi connectivity index (χ0) is 8.97. The lowest BCUT2D eigenvalue weighted by Crippen LogP contribution is -2.40. The number of carbonyl (C=O) groups excluding carboxylic acids is 1. The minimum atomic E-state index is -0.130. The molecule has 12 heavy (non-hydrogen) atoms. The molecule has 0 saturated carbocycles. The molecule has 1 aliphatic heterocycles. The fraction of sp³-hybridized carbons (Fsp3) is 0.875. The largest absolute Gasteiger partial charge is 0.468 e. The molecule has 0 aromatic carbocycles. The molecular weight excluding hydrogens is 174 g/mol. The van der Waals surface area contributed by atoms with Gasteiger partial charge in [0, 0.05) is 24.1 Å². The second kappa shape index (κ2) is 4.72. The van der Waals surface area contributed by atoms with Gasteiger partial charge in [0.15, 0.2) is 0 Å². The summed E-state index contributed by atoms with van der Waals surface area (Å²) >= 11 is 1.96. The fourth-order valence-corrected chi connectivity index (χ4v) is 2.36. The van der Waals surface area contributed by atoms with Gasteiger partial charge in [0.25, 0.3) is 0 Å². The van der Waals surface area contributed by atoms with E-state index in [9.17, 15) is 4.79 Å². The standard InChI is InChI=1S/C8H15NO2S/c1-7-5-9(3-4-12-7)6-8(10)11-2/h7H,3-6H2,1-2H3. The van der Waals surface area contributed by atoms with Gasteiger partial charge in [-0.05, 0) is 0 Å². The summed E-state index contributed by atoms with van der Waals surface area (Å²) in [4.78, 5) is 13.1. The Morgan fingerprint density at radius 1 is 1.75 bits per heavy atom. The minimum absolute atomic E-state index is 0.130. The summed E-state index contributed by atoms with van der Waals surface area (Å²) in [7, 11) is 1.43. The highest BCUT2D eigenvalue weighted by molar-refractivity contribution is 7.99. The van der Waals surface area contributed by atoms with Gasteiger partial charge in [-0.25, -0.2) is 0 Å². The maximum atomic E-state index is 10.9. The van der Waals surface area contributed by atoms with Crippen molar-refractivity contribution >= 4 is 17.7 Å². The summed E-state index contributed by atoms with van der Waals surface area (Å²) in [6.45, 7) is 4.64. The van der Waals surface area contributed by atoms with Crippen molar-refractivity contribution in [3.8, 4) is 0 Å². The average Bonchev–Trinajstić information content (AvgIpc) is 2.04. The third kappa shape index (κ3) is 3.03. The highest BCUT2D eigenvalue weighted by Gasteiger charge is 2.18. The molecule has 70 valence electrons. The average molecular weight is 189 g/mol. The van der Waals surface area contributed by atoms with Crippen molar-refractivity contribution in [2.75, 3.05) is 32.5 Å².